The molecule has 2 N–H and O–H groups in total. The molecule has 2 aromatic carbocycles. The Labute approximate surface area is 252 Å². The molecule has 0 aliphatic carbocycles. The number of nitrogens with two attached hydrogens (primary N) is 1. The molecule has 1 unspecified atom stereocenters. The fourth-order valence-corrected chi connectivity index (χ4v) is 7.67. The lowest BCUT2D eigenvalue weighted by Gasteiger charge is -2.20. The molecule has 41 heavy (non-hydrogen) atoms. The molecule has 2 atom stereocenters. The first kappa shape index (κ1) is 32.0. The van der Waals surface area contributed by atoms with Crippen LogP contribution >= 0.6 is 11.9 Å². The molecule has 2 heterocycles. The number of carbonyl (C=O) groups is 1. The fraction of sp³-hybridized carbons (Fsp3) is 0.548. The summed E-state index contributed by atoms with van der Waals surface area (Å²) in [5.74, 6) is 0.993. The van der Waals surface area contributed by atoms with E-state index in [4.69, 9.17) is 20.2 Å². The molecular weight excluding hydrogens is 565 g/mol. The summed E-state index contributed by atoms with van der Waals surface area (Å²) < 4.78 is 15.9. The normalized spacial score (nSPS) is 17.1. The maximum Gasteiger partial charge on any atom is 0.235 e. The van der Waals surface area contributed by atoms with Crippen LogP contribution in [0.4, 0.5) is 0 Å². The molecule has 4 rings (SSSR count). The van der Waals surface area contributed by atoms with Crippen LogP contribution in [0.15, 0.2) is 42.5 Å². The number of hydrogen-bond acceptors (Lipinski definition) is 6. The van der Waals surface area contributed by atoms with Gasteiger partial charge in [-0.25, -0.2) is 4.98 Å². The second kappa shape index (κ2) is 13.6. The van der Waals surface area contributed by atoms with Crippen LogP contribution in [0, 0.1) is 6.92 Å². The van der Waals surface area contributed by atoms with Crippen LogP contribution in [0.2, 0.25) is 51.4 Å². The molecule has 10 heteroatoms. The van der Waals surface area contributed by atoms with E-state index < -0.39 is 16.1 Å². The maximum absolute atomic E-state index is 12.7. The smallest absolute Gasteiger partial charge is 0.235 e. The number of benzene rings is 2. The second-order valence-electron chi connectivity index (χ2n) is 13.7. The predicted molar refractivity (Wildman–Crippen MR) is 176 cm³/mol. The number of hydrogen-bond donors (Lipinski definition) is 1. The quantitative estimate of drug-likeness (QED) is 0.118. The zero-order chi connectivity index (χ0) is 29.8. The summed E-state index contributed by atoms with van der Waals surface area (Å²) in [7, 11) is -2.31. The number of para-hydroxylation sites is 2. The molecule has 1 aromatic heterocycles. The minimum absolute atomic E-state index is 0.114. The van der Waals surface area contributed by atoms with E-state index in [0.29, 0.717) is 26.3 Å². The number of amides is 1. The number of carbonyl (C=O) groups excluding carboxylic acids is 1. The molecule has 3 aromatic rings. The Balaban J connectivity index is 1.40. The van der Waals surface area contributed by atoms with Gasteiger partial charge in [0.2, 0.25) is 5.91 Å². The fourth-order valence-electron chi connectivity index (χ4n) is 4.92. The van der Waals surface area contributed by atoms with Crippen molar-refractivity contribution in [3.05, 3.63) is 65.0 Å². The summed E-state index contributed by atoms with van der Waals surface area (Å²) >= 11 is 1.60. The summed E-state index contributed by atoms with van der Waals surface area (Å²) in [5.41, 5.74) is 12.3. The zero-order valence-electron chi connectivity index (χ0n) is 25.9. The van der Waals surface area contributed by atoms with Crippen LogP contribution in [-0.2, 0) is 27.4 Å². The highest BCUT2D eigenvalue weighted by molar-refractivity contribution is 7.98. The first-order valence-corrected chi connectivity index (χ1v) is 23.0. The van der Waals surface area contributed by atoms with E-state index in [1.54, 1.807) is 16.3 Å². The van der Waals surface area contributed by atoms with Gasteiger partial charge in [0.25, 0.3) is 0 Å². The van der Waals surface area contributed by atoms with Crippen LogP contribution in [0.5, 0.6) is 0 Å². The molecule has 1 fully saturated rings. The summed E-state index contributed by atoms with van der Waals surface area (Å²) in [4.78, 5) is 17.6. The molecule has 1 amide bonds. The van der Waals surface area contributed by atoms with Gasteiger partial charge in [0.1, 0.15) is 19.3 Å². The number of fused-ring (bicyclic) bond motifs is 1. The van der Waals surface area contributed by atoms with E-state index in [0.717, 1.165) is 47.7 Å². The van der Waals surface area contributed by atoms with Crippen molar-refractivity contribution in [1.82, 2.24) is 13.9 Å². The summed E-state index contributed by atoms with van der Waals surface area (Å²) in [6.45, 7) is 18.5. The van der Waals surface area contributed by atoms with Crippen molar-refractivity contribution in [2.75, 3.05) is 19.9 Å². The van der Waals surface area contributed by atoms with Crippen LogP contribution < -0.4 is 5.73 Å². The molecule has 1 aliphatic heterocycles. The number of ether oxygens (including phenoxy) is 2. The predicted octanol–water partition coefficient (Wildman–Crippen LogP) is 7.13. The third kappa shape index (κ3) is 9.02. The number of aromatic nitrogens is 2. The van der Waals surface area contributed by atoms with Crippen molar-refractivity contribution >= 4 is 45.0 Å². The third-order valence-corrected chi connectivity index (χ3v) is 12.1. The molecule has 0 saturated carbocycles. The Bertz CT molecular complexity index is 1340. The summed E-state index contributed by atoms with van der Waals surface area (Å²) in [6.07, 6.45) is 1.18. The maximum atomic E-state index is 12.7. The Morgan fingerprint density at radius 1 is 1.00 bits per heavy atom. The first-order chi connectivity index (χ1) is 19.3. The molecule has 0 spiro atoms. The van der Waals surface area contributed by atoms with Gasteiger partial charge < -0.3 is 19.8 Å². The van der Waals surface area contributed by atoms with Gasteiger partial charge in [0.05, 0.1) is 22.3 Å². The van der Waals surface area contributed by atoms with Crippen LogP contribution in [-0.4, -0.2) is 55.9 Å². The average molecular weight is 613 g/mol. The van der Waals surface area contributed by atoms with Gasteiger partial charge in [0, 0.05) is 35.8 Å². The largest absolute Gasteiger partial charge is 0.361 e. The van der Waals surface area contributed by atoms with Crippen molar-refractivity contribution in [1.29, 1.82) is 0 Å². The van der Waals surface area contributed by atoms with Crippen LogP contribution in [0.3, 0.4) is 0 Å². The highest BCUT2D eigenvalue weighted by Crippen LogP contribution is 2.43. The molecule has 224 valence electrons. The number of rotatable bonds is 14. The van der Waals surface area contributed by atoms with E-state index in [1.807, 2.05) is 18.2 Å². The minimum atomic E-state index is -1.16. The van der Waals surface area contributed by atoms with Gasteiger partial charge in [-0.3, -0.25) is 9.10 Å². The van der Waals surface area contributed by atoms with Gasteiger partial charge in [-0.05, 0) is 66.2 Å². The van der Waals surface area contributed by atoms with Crippen molar-refractivity contribution in [3.63, 3.8) is 0 Å². The Hall–Kier alpha value is -1.96. The number of imidazole rings is 1. The van der Waals surface area contributed by atoms with E-state index >= 15 is 0 Å². The molecule has 1 aliphatic rings. The lowest BCUT2D eigenvalue weighted by atomic mass is 9.97. The lowest BCUT2D eigenvalue weighted by Crippen LogP contribution is -2.25. The average Bonchev–Trinajstić information content (AvgIpc) is 3.43. The number of nitrogens with zero attached hydrogens (tertiary/aromatic N) is 3. The Morgan fingerprint density at radius 2 is 1.66 bits per heavy atom. The lowest BCUT2D eigenvalue weighted by molar-refractivity contribution is -0.128. The molecular formula is C31H48N4O3SSi2. The summed E-state index contributed by atoms with van der Waals surface area (Å²) in [6, 6.07) is 16.7. The highest BCUT2D eigenvalue weighted by atomic mass is 32.2. The second-order valence-corrected chi connectivity index (χ2v) is 26.1. The van der Waals surface area contributed by atoms with E-state index in [2.05, 4.69) is 75.0 Å². The van der Waals surface area contributed by atoms with E-state index in [9.17, 15) is 4.79 Å². The van der Waals surface area contributed by atoms with Crippen molar-refractivity contribution in [2.24, 2.45) is 5.73 Å². The van der Waals surface area contributed by atoms with Crippen LogP contribution in [0.25, 0.3) is 11.0 Å². The third-order valence-electron chi connectivity index (χ3n) is 7.47. The van der Waals surface area contributed by atoms with E-state index in [-0.39, 0.29) is 17.2 Å². The van der Waals surface area contributed by atoms with Crippen LogP contribution in [0.1, 0.15) is 40.2 Å². The molecule has 1 saturated heterocycles. The molecule has 0 radical (unpaired) electrons. The first-order valence-electron chi connectivity index (χ1n) is 14.7. The zero-order valence-corrected chi connectivity index (χ0v) is 28.7. The van der Waals surface area contributed by atoms with Gasteiger partial charge in [0.15, 0.2) is 0 Å². The van der Waals surface area contributed by atoms with Crippen molar-refractivity contribution < 1.29 is 14.3 Å². The van der Waals surface area contributed by atoms with Crippen molar-refractivity contribution in [2.45, 2.75) is 89.2 Å². The van der Waals surface area contributed by atoms with Crippen molar-refractivity contribution in [3.8, 4) is 0 Å². The SMILES string of the molecule is Cc1cc(C[C@H](N)c2nc3ccccc3n2COCC[Si](C)(C)C)ccc1C1CC(=O)N(COCC[Si](C)(C)C)S1. The standard InChI is InChI=1S/C31H48N4O3SSi2/c1-23-18-24(12-13-25(23)29-20-30(36)35(39-29)22-38-15-17-41(5,6)7)19-26(32)31-33-27-10-8-9-11-28(27)34(31)21-37-14-16-40(2,3)4/h8-13,18,26,29H,14-17,19-22,32H2,1-7H3/t26-,29?/m0/s1. The minimum Gasteiger partial charge on any atom is -0.361 e. The van der Waals surface area contributed by atoms with Gasteiger partial charge in [-0.2, -0.15) is 0 Å². The Kier molecular flexibility index (Phi) is 10.6. The Morgan fingerprint density at radius 3 is 2.32 bits per heavy atom. The topological polar surface area (TPSA) is 82.6 Å². The highest BCUT2D eigenvalue weighted by Gasteiger charge is 2.33. The number of aryl methyl sites for hydroxylation is 1. The van der Waals surface area contributed by atoms with Gasteiger partial charge >= 0.3 is 0 Å². The summed E-state index contributed by atoms with van der Waals surface area (Å²) in [5, 5.41) is 0.114. The molecule has 0 bridgehead atoms. The monoisotopic (exact) mass is 612 g/mol. The molecule has 7 nitrogen and oxygen atoms in total. The van der Waals surface area contributed by atoms with Gasteiger partial charge in [-0.15, -0.1) is 0 Å². The van der Waals surface area contributed by atoms with Gasteiger partial charge in [-0.1, -0.05) is 69.6 Å². The van der Waals surface area contributed by atoms with E-state index in [1.165, 1.54) is 11.1 Å².